The molecule has 0 aliphatic carbocycles. The van der Waals surface area contributed by atoms with Gasteiger partial charge in [0.15, 0.2) is 5.11 Å². The van der Waals surface area contributed by atoms with Gasteiger partial charge in [0, 0.05) is 31.9 Å². The van der Waals surface area contributed by atoms with Gasteiger partial charge in [0.1, 0.15) is 5.60 Å². The maximum atomic E-state index is 12.2. The van der Waals surface area contributed by atoms with Crippen molar-refractivity contribution in [2.45, 2.75) is 45.8 Å². The number of anilines is 1. The molecule has 0 unspecified atom stereocenters. The lowest BCUT2D eigenvalue weighted by Gasteiger charge is -2.36. The summed E-state index contributed by atoms with van der Waals surface area (Å²) in [5.74, 6) is 0.431. The van der Waals surface area contributed by atoms with E-state index in [0.717, 1.165) is 30.6 Å². The number of benzene rings is 1. The summed E-state index contributed by atoms with van der Waals surface area (Å²) in [6.45, 7) is 8.41. The molecule has 7 heteroatoms. The molecule has 1 saturated heterocycles. The van der Waals surface area contributed by atoms with Crippen molar-refractivity contribution in [3.05, 3.63) is 29.8 Å². The zero-order chi connectivity index (χ0) is 19.3. The number of carbonyl (C=O) groups is 1. The van der Waals surface area contributed by atoms with E-state index in [2.05, 4.69) is 0 Å². The van der Waals surface area contributed by atoms with Gasteiger partial charge in [-0.05, 0) is 63.4 Å². The molecule has 26 heavy (non-hydrogen) atoms. The summed E-state index contributed by atoms with van der Waals surface area (Å²) in [4.78, 5) is 15.9. The average Bonchev–Trinajstić information content (AvgIpc) is 2.55. The summed E-state index contributed by atoms with van der Waals surface area (Å²) in [7, 11) is 0. The molecule has 1 fully saturated rings. The maximum absolute atomic E-state index is 12.2. The minimum absolute atomic E-state index is 0.237. The number of ether oxygens (including phenoxy) is 1. The van der Waals surface area contributed by atoms with Crippen molar-refractivity contribution in [1.82, 2.24) is 9.80 Å². The van der Waals surface area contributed by atoms with Crippen LogP contribution in [-0.2, 0) is 11.3 Å². The number of amides is 1. The molecule has 144 valence electrons. The Balaban J connectivity index is 1.89. The molecule has 0 bridgehead atoms. The average molecular weight is 379 g/mol. The van der Waals surface area contributed by atoms with E-state index in [4.69, 9.17) is 28.4 Å². The number of hydrogen-bond donors (Lipinski definition) is 2. The van der Waals surface area contributed by atoms with E-state index in [1.54, 1.807) is 4.90 Å². The third-order valence-corrected chi connectivity index (χ3v) is 4.73. The molecule has 0 radical (unpaired) electrons. The molecular formula is C19H30N4O2S. The minimum Gasteiger partial charge on any atom is -0.444 e. The molecule has 0 aromatic heterocycles. The molecule has 0 atom stereocenters. The Morgan fingerprint density at radius 3 is 2.46 bits per heavy atom. The fraction of sp³-hybridized carbons (Fsp3) is 0.579. The van der Waals surface area contributed by atoms with Crippen LogP contribution >= 0.6 is 12.2 Å². The van der Waals surface area contributed by atoms with Crippen LogP contribution in [0, 0.1) is 5.92 Å². The molecule has 1 aromatic rings. The van der Waals surface area contributed by atoms with Gasteiger partial charge in [0.25, 0.3) is 0 Å². The van der Waals surface area contributed by atoms with E-state index < -0.39 is 5.60 Å². The standard InChI is InChI=1S/C19H30N4O2S/c1-19(2,3)25-18(24)22-10-8-14(9-11-22)12-23(17(21)26)13-15-6-4-5-7-16(15)20/h4-7,14H,8-13,20H2,1-3H3,(H2,21,26). The summed E-state index contributed by atoms with van der Waals surface area (Å²) in [5.41, 5.74) is 13.3. The van der Waals surface area contributed by atoms with Crippen LogP contribution in [0.2, 0.25) is 0 Å². The summed E-state index contributed by atoms with van der Waals surface area (Å²) in [6.07, 6.45) is 1.57. The molecule has 1 aliphatic heterocycles. The Morgan fingerprint density at radius 2 is 1.92 bits per heavy atom. The summed E-state index contributed by atoms with van der Waals surface area (Å²) < 4.78 is 5.45. The van der Waals surface area contributed by atoms with Gasteiger partial charge in [-0.1, -0.05) is 18.2 Å². The number of hydrogen-bond acceptors (Lipinski definition) is 4. The molecule has 1 amide bonds. The Bertz CT molecular complexity index is 637. The highest BCUT2D eigenvalue weighted by Crippen LogP contribution is 2.22. The lowest BCUT2D eigenvalue weighted by atomic mass is 9.96. The van der Waals surface area contributed by atoms with Crippen molar-refractivity contribution in [3.8, 4) is 0 Å². The van der Waals surface area contributed by atoms with E-state index in [9.17, 15) is 4.79 Å². The molecule has 1 aromatic carbocycles. The topological polar surface area (TPSA) is 84.8 Å². The number of nitrogens with zero attached hydrogens (tertiary/aromatic N) is 2. The van der Waals surface area contributed by atoms with Crippen molar-refractivity contribution in [1.29, 1.82) is 0 Å². The summed E-state index contributed by atoms with van der Waals surface area (Å²) >= 11 is 5.23. The van der Waals surface area contributed by atoms with Crippen LogP contribution in [0.5, 0.6) is 0 Å². The molecular weight excluding hydrogens is 348 g/mol. The first-order chi connectivity index (χ1) is 12.2. The lowest BCUT2D eigenvalue weighted by molar-refractivity contribution is 0.0176. The Hall–Kier alpha value is -2.02. The van der Waals surface area contributed by atoms with Crippen LogP contribution < -0.4 is 11.5 Å². The van der Waals surface area contributed by atoms with Gasteiger partial charge < -0.3 is 26.0 Å². The number of rotatable bonds is 4. The van der Waals surface area contributed by atoms with Gasteiger partial charge in [-0.3, -0.25) is 0 Å². The van der Waals surface area contributed by atoms with Gasteiger partial charge in [0.2, 0.25) is 0 Å². The SMILES string of the molecule is CC(C)(C)OC(=O)N1CCC(CN(Cc2ccccc2N)C(N)=S)CC1. The van der Waals surface area contributed by atoms with Crippen molar-refractivity contribution in [3.63, 3.8) is 0 Å². The predicted octanol–water partition coefficient (Wildman–Crippen LogP) is 2.96. The first-order valence-corrected chi connectivity index (χ1v) is 9.42. The zero-order valence-electron chi connectivity index (χ0n) is 15.9. The molecule has 1 aliphatic rings. The minimum atomic E-state index is -0.466. The number of para-hydroxylation sites is 1. The van der Waals surface area contributed by atoms with E-state index in [1.807, 2.05) is 49.9 Å². The van der Waals surface area contributed by atoms with E-state index in [0.29, 0.717) is 30.7 Å². The molecule has 4 N–H and O–H groups in total. The lowest BCUT2D eigenvalue weighted by Crippen LogP contribution is -2.45. The third-order valence-electron chi connectivity index (χ3n) is 4.47. The highest BCUT2D eigenvalue weighted by atomic mass is 32.1. The summed E-state index contributed by atoms with van der Waals surface area (Å²) in [5, 5.41) is 0.378. The first-order valence-electron chi connectivity index (χ1n) is 9.01. The second kappa shape index (κ2) is 8.58. The van der Waals surface area contributed by atoms with Gasteiger partial charge in [-0.25, -0.2) is 4.79 Å². The van der Waals surface area contributed by atoms with Gasteiger partial charge in [-0.2, -0.15) is 0 Å². The molecule has 2 rings (SSSR count). The largest absolute Gasteiger partial charge is 0.444 e. The fourth-order valence-corrected chi connectivity index (χ4v) is 3.19. The molecule has 0 spiro atoms. The highest BCUT2D eigenvalue weighted by molar-refractivity contribution is 7.80. The van der Waals surface area contributed by atoms with Crippen LogP contribution in [-0.4, -0.2) is 46.2 Å². The van der Waals surface area contributed by atoms with Gasteiger partial charge in [0.05, 0.1) is 0 Å². The van der Waals surface area contributed by atoms with Gasteiger partial charge >= 0.3 is 6.09 Å². The second-order valence-corrected chi connectivity index (χ2v) is 8.25. The predicted molar refractivity (Wildman–Crippen MR) is 109 cm³/mol. The van der Waals surface area contributed by atoms with E-state index in [1.165, 1.54) is 0 Å². The molecule has 6 nitrogen and oxygen atoms in total. The van der Waals surface area contributed by atoms with Crippen LogP contribution in [0.3, 0.4) is 0 Å². The number of carbonyl (C=O) groups excluding carboxylic acids is 1. The number of thiocarbonyl (C=S) groups is 1. The quantitative estimate of drug-likeness (QED) is 0.619. The number of piperidine rings is 1. The van der Waals surface area contributed by atoms with Crippen LogP contribution in [0.15, 0.2) is 24.3 Å². The first kappa shape index (κ1) is 20.3. The van der Waals surface area contributed by atoms with Crippen molar-refractivity contribution >= 4 is 29.1 Å². The van der Waals surface area contributed by atoms with Crippen LogP contribution in [0.25, 0.3) is 0 Å². The molecule has 0 saturated carbocycles. The Morgan fingerprint density at radius 1 is 1.31 bits per heavy atom. The van der Waals surface area contributed by atoms with Crippen molar-refractivity contribution in [2.75, 3.05) is 25.4 Å². The zero-order valence-corrected chi connectivity index (χ0v) is 16.7. The number of nitrogen functional groups attached to an aromatic ring is 1. The highest BCUT2D eigenvalue weighted by Gasteiger charge is 2.28. The van der Waals surface area contributed by atoms with Crippen LogP contribution in [0.4, 0.5) is 10.5 Å². The second-order valence-electron chi connectivity index (χ2n) is 7.83. The van der Waals surface area contributed by atoms with E-state index >= 15 is 0 Å². The van der Waals surface area contributed by atoms with Crippen molar-refractivity contribution in [2.24, 2.45) is 11.7 Å². The van der Waals surface area contributed by atoms with E-state index in [-0.39, 0.29) is 6.09 Å². The van der Waals surface area contributed by atoms with Gasteiger partial charge in [-0.15, -0.1) is 0 Å². The number of nitrogens with two attached hydrogens (primary N) is 2. The smallest absolute Gasteiger partial charge is 0.410 e. The maximum Gasteiger partial charge on any atom is 0.410 e. The Kier molecular flexibility index (Phi) is 6.69. The third kappa shape index (κ3) is 6.05. The van der Waals surface area contributed by atoms with Crippen LogP contribution in [0.1, 0.15) is 39.2 Å². The normalized spacial score (nSPS) is 15.6. The molecule has 1 heterocycles. The summed E-state index contributed by atoms with van der Waals surface area (Å²) in [6, 6.07) is 7.75. The fourth-order valence-electron chi connectivity index (χ4n) is 3.05. The monoisotopic (exact) mass is 378 g/mol. The number of likely N-dealkylation sites (tertiary alicyclic amines) is 1. The Labute approximate surface area is 161 Å². The van der Waals surface area contributed by atoms with Crippen molar-refractivity contribution < 1.29 is 9.53 Å².